The van der Waals surface area contributed by atoms with E-state index in [9.17, 15) is 0 Å². The molecule has 0 aromatic heterocycles. The predicted molar refractivity (Wildman–Crippen MR) is 71.4 cm³/mol. The van der Waals surface area contributed by atoms with Gasteiger partial charge >= 0.3 is 0 Å². The normalized spacial score (nSPS) is 28.4. The highest BCUT2D eigenvalue weighted by molar-refractivity contribution is 5.38. The lowest BCUT2D eigenvalue weighted by molar-refractivity contribution is 0.385. The second kappa shape index (κ2) is 4.69. The van der Waals surface area contributed by atoms with Crippen LogP contribution in [0.3, 0.4) is 0 Å². The molecule has 0 saturated heterocycles. The Morgan fingerprint density at radius 1 is 1.47 bits per heavy atom. The molecule has 1 saturated carbocycles. The smallest absolute Gasteiger partial charge is 0.122 e. The van der Waals surface area contributed by atoms with Crippen molar-refractivity contribution in [3.05, 3.63) is 29.3 Å². The molecular weight excluding hydrogens is 210 g/mol. The third-order valence-corrected chi connectivity index (χ3v) is 3.87. The molecule has 1 aliphatic carbocycles. The molecule has 2 heteroatoms. The van der Waals surface area contributed by atoms with Gasteiger partial charge in [-0.25, -0.2) is 0 Å². The molecule has 0 spiro atoms. The van der Waals surface area contributed by atoms with Gasteiger partial charge in [0.25, 0.3) is 0 Å². The molecule has 2 unspecified atom stereocenters. The van der Waals surface area contributed by atoms with Gasteiger partial charge < -0.3 is 10.5 Å². The number of hydrogen-bond acceptors (Lipinski definition) is 2. The van der Waals surface area contributed by atoms with E-state index in [0.29, 0.717) is 0 Å². The van der Waals surface area contributed by atoms with Crippen molar-refractivity contribution in [3.63, 3.8) is 0 Å². The van der Waals surface area contributed by atoms with Crippen LogP contribution in [0.4, 0.5) is 0 Å². The first-order valence-electron chi connectivity index (χ1n) is 6.45. The Hall–Kier alpha value is -1.02. The minimum atomic E-state index is -0.0273. The zero-order valence-corrected chi connectivity index (χ0v) is 11.1. The van der Waals surface area contributed by atoms with Gasteiger partial charge in [-0.1, -0.05) is 24.6 Å². The molecule has 0 amide bonds. The van der Waals surface area contributed by atoms with E-state index in [-0.39, 0.29) is 5.54 Å². The van der Waals surface area contributed by atoms with Crippen molar-refractivity contribution < 1.29 is 4.74 Å². The van der Waals surface area contributed by atoms with Gasteiger partial charge in [-0.3, -0.25) is 0 Å². The van der Waals surface area contributed by atoms with Crippen molar-refractivity contribution in [2.24, 2.45) is 11.7 Å². The van der Waals surface area contributed by atoms with Crippen molar-refractivity contribution in [1.29, 1.82) is 0 Å². The van der Waals surface area contributed by atoms with Crippen LogP contribution in [0, 0.1) is 12.8 Å². The maximum absolute atomic E-state index is 6.50. The van der Waals surface area contributed by atoms with Crippen LogP contribution in [0.15, 0.2) is 18.2 Å². The highest BCUT2D eigenvalue weighted by Crippen LogP contribution is 2.36. The molecule has 2 nitrogen and oxygen atoms in total. The quantitative estimate of drug-likeness (QED) is 0.871. The summed E-state index contributed by atoms with van der Waals surface area (Å²) in [7, 11) is 1.73. The summed E-state index contributed by atoms with van der Waals surface area (Å²) in [5, 5.41) is 0. The van der Waals surface area contributed by atoms with E-state index >= 15 is 0 Å². The predicted octanol–water partition coefficient (Wildman–Crippen LogP) is 3.06. The van der Waals surface area contributed by atoms with E-state index in [4.69, 9.17) is 10.5 Å². The van der Waals surface area contributed by atoms with E-state index < -0.39 is 0 Å². The Kier molecular flexibility index (Phi) is 3.43. The summed E-state index contributed by atoms with van der Waals surface area (Å²) in [6.45, 7) is 4.41. The van der Waals surface area contributed by atoms with Gasteiger partial charge in [-0.15, -0.1) is 0 Å². The Labute approximate surface area is 104 Å². The van der Waals surface area contributed by atoms with Crippen LogP contribution in [-0.4, -0.2) is 12.6 Å². The lowest BCUT2D eigenvalue weighted by atomic mass is 9.88. The van der Waals surface area contributed by atoms with Gasteiger partial charge in [0.2, 0.25) is 0 Å². The summed E-state index contributed by atoms with van der Waals surface area (Å²) in [6, 6.07) is 6.34. The van der Waals surface area contributed by atoms with E-state index in [2.05, 4.69) is 26.0 Å². The number of ether oxygens (including phenoxy) is 1. The average molecular weight is 233 g/mol. The molecule has 2 atom stereocenters. The molecule has 1 fully saturated rings. The van der Waals surface area contributed by atoms with Crippen molar-refractivity contribution in [1.82, 2.24) is 0 Å². The van der Waals surface area contributed by atoms with E-state index in [0.717, 1.165) is 30.9 Å². The number of methoxy groups -OCH3 is 1. The first-order chi connectivity index (χ1) is 8.02. The number of aryl methyl sites for hydroxylation is 1. The average Bonchev–Trinajstić information content (AvgIpc) is 2.59. The second-order valence-corrected chi connectivity index (χ2v) is 5.70. The third kappa shape index (κ3) is 2.81. The lowest BCUT2D eigenvalue weighted by Crippen LogP contribution is -2.39. The Morgan fingerprint density at radius 3 is 2.82 bits per heavy atom. The molecule has 0 radical (unpaired) electrons. The fourth-order valence-corrected chi connectivity index (χ4v) is 3.02. The largest absolute Gasteiger partial charge is 0.496 e. The van der Waals surface area contributed by atoms with Crippen LogP contribution >= 0.6 is 0 Å². The van der Waals surface area contributed by atoms with E-state index in [1.165, 1.54) is 17.5 Å². The molecule has 94 valence electrons. The standard InChI is InChI=1S/C15H23NO/c1-11-4-5-14(17-3)13(8-11)10-15(16)7-6-12(2)9-15/h4-5,8,12H,6-7,9-10,16H2,1-3H3. The van der Waals surface area contributed by atoms with Gasteiger partial charge in [-0.2, -0.15) is 0 Å². The molecule has 1 aromatic carbocycles. The molecule has 1 aromatic rings. The highest BCUT2D eigenvalue weighted by atomic mass is 16.5. The zero-order chi connectivity index (χ0) is 12.5. The van der Waals surface area contributed by atoms with Crippen LogP contribution in [-0.2, 0) is 6.42 Å². The maximum Gasteiger partial charge on any atom is 0.122 e. The topological polar surface area (TPSA) is 35.2 Å². The van der Waals surface area contributed by atoms with Gasteiger partial charge in [0.05, 0.1) is 7.11 Å². The maximum atomic E-state index is 6.50. The molecule has 2 N–H and O–H groups in total. The number of rotatable bonds is 3. The summed E-state index contributed by atoms with van der Waals surface area (Å²) < 4.78 is 5.43. The lowest BCUT2D eigenvalue weighted by Gasteiger charge is -2.25. The Bertz CT molecular complexity index is 402. The molecule has 0 aliphatic heterocycles. The fraction of sp³-hybridized carbons (Fsp3) is 0.600. The van der Waals surface area contributed by atoms with Crippen molar-refractivity contribution in [2.45, 2.75) is 45.1 Å². The first-order valence-corrected chi connectivity index (χ1v) is 6.45. The monoisotopic (exact) mass is 233 g/mol. The van der Waals surface area contributed by atoms with E-state index in [1.807, 2.05) is 6.07 Å². The minimum absolute atomic E-state index is 0.0273. The van der Waals surface area contributed by atoms with Crippen molar-refractivity contribution in [2.75, 3.05) is 7.11 Å². The third-order valence-electron chi connectivity index (χ3n) is 3.87. The van der Waals surface area contributed by atoms with E-state index in [1.54, 1.807) is 7.11 Å². The van der Waals surface area contributed by atoms with Gasteiger partial charge in [-0.05, 0) is 50.2 Å². The van der Waals surface area contributed by atoms with Crippen LogP contribution in [0.5, 0.6) is 5.75 Å². The first kappa shape index (κ1) is 12.4. The number of benzene rings is 1. The van der Waals surface area contributed by atoms with Gasteiger partial charge in [0, 0.05) is 5.54 Å². The Morgan fingerprint density at radius 2 is 2.24 bits per heavy atom. The van der Waals surface area contributed by atoms with Crippen molar-refractivity contribution in [3.8, 4) is 5.75 Å². The highest BCUT2D eigenvalue weighted by Gasteiger charge is 2.34. The summed E-state index contributed by atoms with van der Waals surface area (Å²) >= 11 is 0. The summed E-state index contributed by atoms with van der Waals surface area (Å²) in [6.07, 6.45) is 4.45. The number of hydrogen-bond donors (Lipinski definition) is 1. The molecule has 2 rings (SSSR count). The second-order valence-electron chi connectivity index (χ2n) is 5.70. The van der Waals surface area contributed by atoms with Gasteiger partial charge in [0.1, 0.15) is 5.75 Å². The van der Waals surface area contributed by atoms with Crippen LogP contribution in [0.25, 0.3) is 0 Å². The molecule has 1 aliphatic rings. The Balaban J connectivity index is 2.20. The molecule has 17 heavy (non-hydrogen) atoms. The fourth-order valence-electron chi connectivity index (χ4n) is 3.02. The summed E-state index contributed by atoms with van der Waals surface area (Å²) in [4.78, 5) is 0. The molecular formula is C15H23NO. The SMILES string of the molecule is COc1ccc(C)cc1CC1(N)CCC(C)C1. The van der Waals surface area contributed by atoms with Crippen molar-refractivity contribution >= 4 is 0 Å². The van der Waals surface area contributed by atoms with Crippen LogP contribution in [0.2, 0.25) is 0 Å². The van der Waals surface area contributed by atoms with Gasteiger partial charge in [0.15, 0.2) is 0 Å². The van der Waals surface area contributed by atoms with Crippen LogP contribution < -0.4 is 10.5 Å². The summed E-state index contributed by atoms with van der Waals surface area (Å²) in [5.41, 5.74) is 9.00. The van der Waals surface area contributed by atoms with Crippen LogP contribution in [0.1, 0.15) is 37.3 Å². The molecule has 0 bridgehead atoms. The zero-order valence-electron chi connectivity index (χ0n) is 11.1. The minimum Gasteiger partial charge on any atom is -0.496 e. The molecule has 0 heterocycles. The number of nitrogens with two attached hydrogens (primary N) is 1. The summed E-state index contributed by atoms with van der Waals surface area (Å²) in [5.74, 6) is 1.73.